The highest BCUT2D eigenvalue weighted by Crippen LogP contribution is 1.95. The third kappa shape index (κ3) is 2.71. The monoisotopic (exact) mass is 240 g/mol. The Kier molecular flexibility index (Phi) is 4.01. The minimum Gasteiger partial charge on any atom is -0.380 e. The van der Waals surface area contributed by atoms with Crippen LogP contribution in [-0.2, 0) is 18.3 Å². The van der Waals surface area contributed by atoms with Gasteiger partial charge in [0, 0.05) is 20.4 Å². The average molecular weight is 240 g/mol. The van der Waals surface area contributed by atoms with Crippen molar-refractivity contribution < 1.29 is 9.53 Å². The number of ketones is 1. The van der Waals surface area contributed by atoms with Crippen molar-refractivity contribution in [3.63, 3.8) is 0 Å². The lowest BCUT2D eigenvalue weighted by atomic mass is 10.2. The van der Waals surface area contributed by atoms with Crippen LogP contribution in [0.1, 0.15) is 24.2 Å². The van der Waals surface area contributed by atoms with Gasteiger partial charge >= 0.3 is 5.69 Å². The summed E-state index contributed by atoms with van der Waals surface area (Å²) in [7, 11) is 2.88. The first kappa shape index (κ1) is 13.4. The molecule has 0 aromatic carbocycles. The number of hydrogen-bond acceptors (Lipinski definition) is 4. The second kappa shape index (κ2) is 5.09. The number of hydrogen-bond donors (Lipinski definition) is 0. The third-order valence-corrected chi connectivity index (χ3v) is 2.59. The molecule has 0 radical (unpaired) electrons. The van der Waals surface area contributed by atoms with E-state index in [4.69, 9.17) is 4.74 Å². The van der Waals surface area contributed by atoms with Crippen LogP contribution in [0.3, 0.4) is 0 Å². The van der Waals surface area contributed by atoms with Crippen LogP contribution in [-0.4, -0.2) is 28.1 Å². The number of nitrogens with zero attached hydrogens (tertiary/aromatic N) is 2. The number of carbonyl (C=O) groups excluding carboxylic acids is 1. The molecule has 0 fully saturated rings. The molecule has 0 N–H and O–H groups in total. The van der Waals surface area contributed by atoms with E-state index < -0.39 is 11.2 Å². The molecular weight excluding hydrogens is 224 g/mol. The molecule has 1 atom stereocenters. The van der Waals surface area contributed by atoms with E-state index in [1.54, 1.807) is 6.92 Å². The molecular formula is C11H16N2O4. The lowest BCUT2D eigenvalue weighted by Gasteiger charge is -2.13. The standard InChI is InChI=1S/C11H16N2O4/c1-7(17-4)5-13-6-9(8(2)14)10(15)12(3)11(13)16/h6-7H,5H2,1-4H3. The van der Waals surface area contributed by atoms with Gasteiger partial charge in [-0.05, 0) is 13.8 Å². The summed E-state index contributed by atoms with van der Waals surface area (Å²) in [6.07, 6.45) is 1.12. The van der Waals surface area contributed by atoms with Gasteiger partial charge in [0.1, 0.15) is 0 Å². The van der Waals surface area contributed by atoms with Gasteiger partial charge in [-0.15, -0.1) is 0 Å². The van der Waals surface area contributed by atoms with Crippen LogP contribution in [0.2, 0.25) is 0 Å². The van der Waals surface area contributed by atoms with Crippen molar-refractivity contribution in [3.8, 4) is 0 Å². The molecule has 1 heterocycles. The van der Waals surface area contributed by atoms with Gasteiger partial charge in [0.2, 0.25) is 0 Å². The summed E-state index contributed by atoms with van der Waals surface area (Å²) in [5.41, 5.74) is -1.01. The maximum Gasteiger partial charge on any atom is 0.330 e. The first-order valence-electron chi connectivity index (χ1n) is 5.22. The maximum atomic E-state index is 11.8. The molecule has 6 heteroatoms. The molecule has 94 valence electrons. The Morgan fingerprint density at radius 3 is 2.53 bits per heavy atom. The highest BCUT2D eigenvalue weighted by molar-refractivity contribution is 5.93. The maximum absolute atomic E-state index is 11.8. The Morgan fingerprint density at radius 2 is 2.06 bits per heavy atom. The first-order valence-corrected chi connectivity index (χ1v) is 5.22. The van der Waals surface area contributed by atoms with E-state index in [1.807, 2.05) is 0 Å². The normalized spacial score (nSPS) is 12.5. The van der Waals surface area contributed by atoms with E-state index in [2.05, 4.69) is 0 Å². The van der Waals surface area contributed by atoms with Gasteiger partial charge in [-0.3, -0.25) is 18.7 Å². The fourth-order valence-electron chi connectivity index (χ4n) is 1.45. The molecule has 1 rings (SSSR count). The molecule has 1 unspecified atom stereocenters. The average Bonchev–Trinajstić information content (AvgIpc) is 2.29. The molecule has 0 aliphatic rings. The highest BCUT2D eigenvalue weighted by atomic mass is 16.5. The second-order valence-electron chi connectivity index (χ2n) is 3.94. The molecule has 0 bridgehead atoms. The summed E-state index contributed by atoms with van der Waals surface area (Å²) in [4.78, 5) is 34.7. The summed E-state index contributed by atoms with van der Waals surface area (Å²) >= 11 is 0. The fourth-order valence-corrected chi connectivity index (χ4v) is 1.45. The van der Waals surface area contributed by atoms with Gasteiger partial charge in [-0.2, -0.15) is 0 Å². The molecule has 17 heavy (non-hydrogen) atoms. The van der Waals surface area contributed by atoms with E-state index in [0.29, 0.717) is 6.54 Å². The van der Waals surface area contributed by atoms with Crippen LogP contribution in [0.15, 0.2) is 15.8 Å². The van der Waals surface area contributed by atoms with Gasteiger partial charge in [0.25, 0.3) is 5.56 Å². The van der Waals surface area contributed by atoms with Gasteiger partial charge in [0.15, 0.2) is 5.78 Å². The lowest BCUT2D eigenvalue weighted by molar-refractivity contribution is 0.0985. The molecule has 0 aliphatic heterocycles. The number of methoxy groups -OCH3 is 1. The van der Waals surface area contributed by atoms with Crippen molar-refractivity contribution >= 4 is 5.78 Å². The van der Waals surface area contributed by atoms with Crippen molar-refractivity contribution in [2.24, 2.45) is 7.05 Å². The van der Waals surface area contributed by atoms with Crippen LogP contribution < -0.4 is 11.2 Å². The molecule has 0 saturated heterocycles. The number of rotatable bonds is 4. The number of carbonyl (C=O) groups is 1. The highest BCUT2D eigenvalue weighted by Gasteiger charge is 2.13. The van der Waals surface area contributed by atoms with E-state index in [-0.39, 0.29) is 17.5 Å². The molecule has 0 spiro atoms. The third-order valence-electron chi connectivity index (χ3n) is 2.59. The quantitative estimate of drug-likeness (QED) is 0.682. The van der Waals surface area contributed by atoms with Gasteiger partial charge in [0.05, 0.1) is 18.2 Å². The summed E-state index contributed by atoms with van der Waals surface area (Å²) in [5, 5.41) is 0. The zero-order valence-corrected chi connectivity index (χ0v) is 10.4. The molecule has 0 amide bonds. The summed E-state index contributed by atoms with van der Waals surface area (Å²) in [6.45, 7) is 3.39. The zero-order chi connectivity index (χ0) is 13.2. The smallest absolute Gasteiger partial charge is 0.330 e. The van der Waals surface area contributed by atoms with E-state index in [9.17, 15) is 14.4 Å². The number of ether oxygens (including phenoxy) is 1. The minimum atomic E-state index is -0.566. The Bertz CT molecular complexity index is 541. The topological polar surface area (TPSA) is 70.3 Å². The van der Waals surface area contributed by atoms with Crippen molar-refractivity contribution in [2.45, 2.75) is 26.5 Å². The molecule has 1 aromatic heterocycles. The largest absolute Gasteiger partial charge is 0.380 e. The Morgan fingerprint density at radius 1 is 1.47 bits per heavy atom. The lowest BCUT2D eigenvalue weighted by Crippen LogP contribution is -2.41. The van der Waals surface area contributed by atoms with Crippen molar-refractivity contribution in [1.29, 1.82) is 0 Å². The van der Waals surface area contributed by atoms with E-state index >= 15 is 0 Å². The van der Waals surface area contributed by atoms with Gasteiger partial charge in [-0.1, -0.05) is 0 Å². The molecule has 0 saturated carbocycles. The van der Waals surface area contributed by atoms with Crippen LogP contribution in [0, 0.1) is 0 Å². The summed E-state index contributed by atoms with van der Waals surface area (Å²) in [6, 6.07) is 0. The van der Waals surface area contributed by atoms with Crippen LogP contribution >= 0.6 is 0 Å². The molecule has 6 nitrogen and oxygen atoms in total. The minimum absolute atomic E-state index is 0.00963. The molecule has 0 aliphatic carbocycles. The zero-order valence-electron chi connectivity index (χ0n) is 10.4. The molecule has 1 aromatic rings. The Hall–Kier alpha value is -1.69. The van der Waals surface area contributed by atoms with Crippen LogP contribution in [0.25, 0.3) is 0 Å². The van der Waals surface area contributed by atoms with E-state index in [0.717, 1.165) is 4.57 Å². The van der Waals surface area contributed by atoms with Crippen LogP contribution in [0.4, 0.5) is 0 Å². The number of Topliss-reactive ketones (excluding diaryl/α,β-unsaturated/α-hetero) is 1. The summed E-state index contributed by atoms with van der Waals surface area (Å²) < 4.78 is 7.29. The second-order valence-corrected chi connectivity index (χ2v) is 3.94. The summed E-state index contributed by atoms with van der Waals surface area (Å²) in [5.74, 6) is -0.357. The Labute approximate surface area is 98.4 Å². The van der Waals surface area contributed by atoms with Crippen molar-refractivity contribution in [2.75, 3.05) is 7.11 Å². The van der Waals surface area contributed by atoms with E-state index in [1.165, 1.54) is 31.8 Å². The van der Waals surface area contributed by atoms with Gasteiger partial charge in [-0.25, -0.2) is 4.79 Å². The van der Waals surface area contributed by atoms with Gasteiger partial charge < -0.3 is 4.74 Å². The first-order chi connectivity index (χ1) is 7.88. The predicted octanol–water partition coefficient (Wildman–Crippen LogP) is -0.216. The SMILES string of the molecule is COC(C)Cn1cc(C(C)=O)c(=O)n(C)c1=O. The van der Waals surface area contributed by atoms with Crippen molar-refractivity contribution in [3.05, 3.63) is 32.6 Å². The number of aromatic nitrogens is 2. The Balaban J connectivity index is 3.38. The van der Waals surface area contributed by atoms with Crippen molar-refractivity contribution in [1.82, 2.24) is 9.13 Å². The fraction of sp³-hybridized carbons (Fsp3) is 0.545. The predicted molar refractivity (Wildman–Crippen MR) is 62.4 cm³/mol. The van der Waals surface area contributed by atoms with Crippen LogP contribution in [0.5, 0.6) is 0 Å².